The number of rotatable bonds is 6. The quantitative estimate of drug-likeness (QED) is 0.327. The van der Waals surface area contributed by atoms with Gasteiger partial charge in [-0.1, -0.05) is 85.7 Å². The van der Waals surface area contributed by atoms with Crippen LogP contribution in [0.1, 0.15) is 138 Å². The average Bonchev–Trinajstić information content (AvgIpc) is 2.95. The molecular formula is C38H57NO4Si. The van der Waals surface area contributed by atoms with Crippen molar-refractivity contribution in [2.24, 2.45) is 5.41 Å². The van der Waals surface area contributed by atoms with E-state index in [1.165, 1.54) is 22.3 Å². The summed E-state index contributed by atoms with van der Waals surface area (Å²) >= 11 is 0. The summed E-state index contributed by atoms with van der Waals surface area (Å²) in [6, 6.07) is 8.59. The highest BCUT2D eigenvalue weighted by Gasteiger charge is 2.45. The standard InChI is InChI=1S/C38H57NO4Si/c1-36(2,3)28-13-11-27(12-14-28)35(40)33-31(25-15-19-41-20-16-25)32-29(39-34(33)26-17-21-42-22-18-26)23-38(7,8)24-30(32)43-44(9,10)37(4,5)6/h11-15,26,30,35,40H,16-24H2,1-10H3/t30-,35+/m0/s1. The second kappa shape index (κ2) is 12.4. The summed E-state index contributed by atoms with van der Waals surface area (Å²) in [5.74, 6) is 0.247. The molecule has 1 aromatic carbocycles. The molecule has 1 aliphatic carbocycles. The number of nitrogens with zero attached hydrogens (tertiary/aromatic N) is 1. The predicted molar refractivity (Wildman–Crippen MR) is 183 cm³/mol. The molecule has 5 rings (SSSR count). The fourth-order valence-electron chi connectivity index (χ4n) is 6.92. The second-order valence-electron chi connectivity index (χ2n) is 16.8. The van der Waals surface area contributed by atoms with Crippen LogP contribution in [0.3, 0.4) is 0 Å². The van der Waals surface area contributed by atoms with Crippen LogP contribution < -0.4 is 0 Å². The molecule has 1 saturated heterocycles. The summed E-state index contributed by atoms with van der Waals surface area (Å²) in [5.41, 5.74) is 9.17. The average molecular weight is 620 g/mol. The molecular weight excluding hydrogens is 563 g/mol. The lowest BCUT2D eigenvalue weighted by atomic mass is 9.70. The molecule has 0 saturated carbocycles. The molecule has 1 fully saturated rings. The fourth-order valence-corrected chi connectivity index (χ4v) is 8.18. The fraction of sp³-hybridized carbons (Fsp3) is 0.658. The van der Waals surface area contributed by atoms with Gasteiger partial charge in [-0.05, 0) is 83.3 Å². The van der Waals surface area contributed by atoms with Crippen molar-refractivity contribution in [2.45, 2.75) is 129 Å². The topological polar surface area (TPSA) is 60.8 Å². The largest absolute Gasteiger partial charge is 0.410 e. The van der Waals surface area contributed by atoms with Crippen LogP contribution >= 0.6 is 0 Å². The number of hydrogen-bond acceptors (Lipinski definition) is 5. The van der Waals surface area contributed by atoms with Gasteiger partial charge in [-0.25, -0.2) is 0 Å². The van der Waals surface area contributed by atoms with Gasteiger partial charge in [0.05, 0.1) is 25.0 Å². The lowest BCUT2D eigenvalue weighted by molar-refractivity contribution is 0.0828. The zero-order chi connectivity index (χ0) is 32.1. The van der Waals surface area contributed by atoms with E-state index < -0.39 is 14.4 Å². The van der Waals surface area contributed by atoms with Crippen LogP contribution in [0.25, 0.3) is 5.57 Å². The predicted octanol–water partition coefficient (Wildman–Crippen LogP) is 9.19. The second-order valence-corrected chi connectivity index (χ2v) is 21.5. The van der Waals surface area contributed by atoms with Crippen molar-refractivity contribution in [3.8, 4) is 0 Å². The number of benzene rings is 1. The lowest BCUT2D eigenvalue weighted by Gasteiger charge is -2.45. The number of hydrogen-bond donors (Lipinski definition) is 1. The van der Waals surface area contributed by atoms with Crippen LogP contribution in [0.4, 0.5) is 0 Å². The van der Waals surface area contributed by atoms with Gasteiger partial charge in [0.2, 0.25) is 0 Å². The van der Waals surface area contributed by atoms with Crippen molar-refractivity contribution < 1.29 is 19.0 Å². The van der Waals surface area contributed by atoms with E-state index in [9.17, 15) is 5.11 Å². The Kier molecular flexibility index (Phi) is 9.45. The summed E-state index contributed by atoms with van der Waals surface area (Å²) in [4.78, 5) is 5.60. The van der Waals surface area contributed by atoms with E-state index >= 15 is 0 Å². The van der Waals surface area contributed by atoms with Crippen molar-refractivity contribution in [3.63, 3.8) is 0 Å². The van der Waals surface area contributed by atoms with Gasteiger partial charge in [0, 0.05) is 36.0 Å². The SMILES string of the molecule is CC1(C)Cc2nc(C3CCOCC3)c([C@H](O)c3ccc(C(C)(C)C)cc3)c(C3=CCOCC3)c2[C@@H](O[Si](C)(C)C(C)(C)C)C1. The maximum absolute atomic E-state index is 12.5. The summed E-state index contributed by atoms with van der Waals surface area (Å²) in [6.07, 6.45) is 5.89. The van der Waals surface area contributed by atoms with Crippen LogP contribution in [-0.2, 0) is 25.7 Å². The van der Waals surface area contributed by atoms with Crippen molar-refractivity contribution >= 4 is 13.9 Å². The zero-order valence-corrected chi connectivity index (χ0v) is 30.1. The first-order valence-electron chi connectivity index (χ1n) is 16.9. The molecule has 2 aliphatic heterocycles. The van der Waals surface area contributed by atoms with E-state index in [4.69, 9.17) is 18.9 Å². The first-order chi connectivity index (χ1) is 20.5. The number of pyridine rings is 1. The molecule has 0 bridgehead atoms. The van der Waals surface area contributed by atoms with E-state index in [0.717, 1.165) is 67.8 Å². The zero-order valence-electron chi connectivity index (χ0n) is 29.1. The van der Waals surface area contributed by atoms with E-state index in [0.29, 0.717) is 13.2 Å². The Morgan fingerprint density at radius 2 is 1.64 bits per heavy atom. The number of ether oxygens (including phenoxy) is 2. The van der Waals surface area contributed by atoms with Crippen molar-refractivity contribution in [2.75, 3.05) is 26.4 Å². The van der Waals surface area contributed by atoms with E-state index in [1.54, 1.807) is 0 Å². The Bertz CT molecular complexity index is 1360. The van der Waals surface area contributed by atoms with Gasteiger partial charge < -0.3 is 19.0 Å². The molecule has 242 valence electrons. The molecule has 5 nitrogen and oxygen atoms in total. The highest BCUT2D eigenvalue weighted by atomic mass is 28.4. The molecule has 44 heavy (non-hydrogen) atoms. The molecule has 2 atom stereocenters. The maximum atomic E-state index is 12.5. The van der Waals surface area contributed by atoms with Crippen LogP contribution in [-0.4, -0.2) is 44.8 Å². The highest BCUT2D eigenvalue weighted by Crippen LogP contribution is 2.52. The first-order valence-corrected chi connectivity index (χ1v) is 19.8. The smallest absolute Gasteiger partial charge is 0.192 e. The lowest BCUT2D eigenvalue weighted by Crippen LogP contribution is -2.44. The summed E-state index contributed by atoms with van der Waals surface area (Å²) in [7, 11) is -2.13. The van der Waals surface area contributed by atoms with Gasteiger partial charge in [0.1, 0.15) is 6.10 Å². The summed E-state index contributed by atoms with van der Waals surface area (Å²) < 4.78 is 19.0. The van der Waals surface area contributed by atoms with E-state index in [1.807, 2.05) is 0 Å². The van der Waals surface area contributed by atoms with Gasteiger partial charge in [-0.2, -0.15) is 0 Å². The molecule has 3 aliphatic rings. The Morgan fingerprint density at radius 1 is 0.977 bits per heavy atom. The summed E-state index contributed by atoms with van der Waals surface area (Å²) in [6.45, 7) is 25.8. The molecule has 2 aromatic rings. The monoisotopic (exact) mass is 619 g/mol. The Labute approximate surface area is 267 Å². The minimum atomic E-state index is -2.13. The van der Waals surface area contributed by atoms with Crippen molar-refractivity contribution in [1.29, 1.82) is 0 Å². The number of aliphatic hydroxyl groups is 1. The van der Waals surface area contributed by atoms with Crippen LogP contribution in [0.2, 0.25) is 18.1 Å². The molecule has 6 heteroatoms. The molecule has 1 N–H and O–H groups in total. The van der Waals surface area contributed by atoms with Gasteiger partial charge in [0.25, 0.3) is 0 Å². The Hall–Kier alpha value is -1.83. The van der Waals surface area contributed by atoms with Crippen LogP contribution in [0, 0.1) is 5.41 Å². The van der Waals surface area contributed by atoms with Crippen LogP contribution in [0.15, 0.2) is 30.3 Å². The third kappa shape index (κ3) is 6.95. The molecule has 0 spiro atoms. The Balaban J connectivity index is 1.78. The van der Waals surface area contributed by atoms with E-state index in [2.05, 4.69) is 98.8 Å². The first kappa shape index (κ1) is 33.5. The number of aliphatic hydroxyl groups excluding tert-OH is 1. The van der Waals surface area contributed by atoms with Gasteiger partial charge in [-0.15, -0.1) is 0 Å². The van der Waals surface area contributed by atoms with Crippen molar-refractivity contribution in [1.82, 2.24) is 4.98 Å². The minimum Gasteiger partial charge on any atom is -0.410 e. The molecule has 3 heterocycles. The van der Waals surface area contributed by atoms with Crippen molar-refractivity contribution in [3.05, 3.63) is 69.5 Å². The highest BCUT2D eigenvalue weighted by molar-refractivity contribution is 6.74. The third-order valence-electron chi connectivity index (χ3n) is 10.6. The number of aromatic nitrogens is 1. The molecule has 0 radical (unpaired) electrons. The summed E-state index contributed by atoms with van der Waals surface area (Å²) in [5, 5.41) is 12.6. The molecule has 0 amide bonds. The molecule has 0 unspecified atom stereocenters. The van der Waals surface area contributed by atoms with Gasteiger partial charge in [0.15, 0.2) is 8.32 Å². The minimum absolute atomic E-state index is 0.0449. The van der Waals surface area contributed by atoms with Crippen LogP contribution in [0.5, 0.6) is 0 Å². The molecule has 1 aromatic heterocycles. The Morgan fingerprint density at radius 3 is 2.20 bits per heavy atom. The maximum Gasteiger partial charge on any atom is 0.192 e. The normalized spacial score (nSPS) is 22.3. The van der Waals surface area contributed by atoms with Gasteiger partial charge in [-0.3, -0.25) is 4.98 Å². The third-order valence-corrected chi connectivity index (χ3v) is 15.1. The van der Waals surface area contributed by atoms with Gasteiger partial charge >= 0.3 is 0 Å². The number of fused-ring (bicyclic) bond motifs is 1. The van der Waals surface area contributed by atoms with E-state index in [-0.39, 0.29) is 27.9 Å².